The first-order chi connectivity index (χ1) is 8.13. The smallest absolute Gasteiger partial charge is 0.122 e. The van der Waals surface area contributed by atoms with Gasteiger partial charge in [0.1, 0.15) is 11.5 Å². The van der Waals surface area contributed by atoms with E-state index in [1.54, 1.807) is 14.2 Å². The normalized spacial score (nSPS) is 26.7. The van der Waals surface area contributed by atoms with Gasteiger partial charge in [-0.15, -0.1) is 0 Å². The highest BCUT2D eigenvalue weighted by atomic mass is 16.5. The van der Waals surface area contributed by atoms with E-state index in [-0.39, 0.29) is 0 Å². The van der Waals surface area contributed by atoms with E-state index in [1.807, 2.05) is 18.2 Å². The fourth-order valence-electron chi connectivity index (χ4n) is 2.42. The molecule has 1 fully saturated rings. The van der Waals surface area contributed by atoms with E-state index in [4.69, 9.17) is 9.47 Å². The maximum atomic E-state index is 10.5. The minimum Gasteiger partial charge on any atom is -0.497 e. The van der Waals surface area contributed by atoms with Gasteiger partial charge in [-0.05, 0) is 36.5 Å². The molecule has 1 aliphatic rings. The van der Waals surface area contributed by atoms with Crippen molar-refractivity contribution in [2.45, 2.75) is 31.8 Å². The summed E-state index contributed by atoms with van der Waals surface area (Å²) in [5.41, 5.74) is 0.241. The van der Waals surface area contributed by atoms with Gasteiger partial charge in [0, 0.05) is 6.07 Å². The molecule has 2 unspecified atom stereocenters. The Kier molecular flexibility index (Phi) is 3.29. The molecule has 0 bridgehead atoms. The lowest BCUT2D eigenvalue weighted by atomic mass is 10.0. The van der Waals surface area contributed by atoms with Gasteiger partial charge < -0.3 is 14.6 Å². The largest absolute Gasteiger partial charge is 0.497 e. The van der Waals surface area contributed by atoms with Gasteiger partial charge in [0.05, 0.1) is 19.8 Å². The van der Waals surface area contributed by atoms with Gasteiger partial charge in [-0.3, -0.25) is 0 Å². The van der Waals surface area contributed by atoms with Crippen LogP contribution in [0.2, 0.25) is 0 Å². The molecule has 0 heterocycles. The Balaban J connectivity index is 2.27. The van der Waals surface area contributed by atoms with Crippen LogP contribution in [0.4, 0.5) is 0 Å². The standard InChI is InChI=1S/C14H20O3/c1-4-5-10-9-14(10,15)11-6-12(16-2)8-13(7-11)17-3/h6-8,10,15H,4-5,9H2,1-3H3. The quantitative estimate of drug-likeness (QED) is 0.854. The minimum absolute atomic E-state index is 0.379. The summed E-state index contributed by atoms with van der Waals surface area (Å²) in [6.45, 7) is 2.14. The molecular formula is C14H20O3. The molecule has 2 rings (SSSR count). The van der Waals surface area contributed by atoms with Crippen LogP contribution in [-0.2, 0) is 5.60 Å². The second kappa shape index (κ2) is 4.57. The van der Waals surface area contributed by atoms with Crippen molar-refractivity contribution in [3.05, 3.63) is 23.8 Å². The van der Waals surface area contributed by atoms with Crippen LogP contribution in [-0.4, -0.2) is 19.3 Å². The molecule has 17 heavy (non-hydrogen) atoms. The van der Waals surface area contributed by atoms with Gasteiger partial charge in [0.25, 0.3) is 0 Å². The van der Waals surface area contributed by atoms with Crippen LogP contribution in [0.25, 0.3) is 0 Å². The van der Waals surface area contributed by atoms with Crippen molar-refractivity contribution < 1.29 is 14.6 Å². The average Bonchev–Trinajstić information content (AvgIpc) is 3.01. The van der Waals surface area contributed by atoms with Gasteiger partial charge in [-0.2, -0.15) is 0 Å². The summed E-state index contributed by atoms with van der Waals surface area (Å²) in [4.78, 5) is 0. The van der Waals surface area contributed by atoms with Gasteiger partial charge in [-0.25, -0.2) is 0 Å². The van der Waals surface area contributed by atoms with Crippen molar-refractivity contribution >= 4 is 0 Å². The number of hydrogen-bond donors (Lipinski definition) is 1. The first kappa shape index (κ1) is 12.2. The lowest BCUT2D eigenvalue weighted by Crippen LogP contribution is -2.09. The Labute approximate surface area is 102 Å². The number of aliphatic hydroxyl groups is 1. The molecule has 94 valence electrons. The maximum Gasteiger partial charge on any atom is 0.122 e. The second-order valence-electron chi connectivity index (χ2n) is 4.72. The van der Waals surface area contributed by atoms with Crippen molar-refractivity contribution in [3.63, 3.8) is 0 Å². The number of hydrogen-bond acceptors (Lipinski definition) is 3. The zero-order valence-corrected chi connectivity index (χ0v) is 10.7. The van der Waals surface area contributed by atoms with Gasteiger partial charge in [0.2, 0.25) is 0 Å². The van der Waals surface area contributed by atoms with E-state index in [0.717, 1.165) is 36.3 Å². The molecule has 0 amide bonds. The van der Waals surface area contributed by atoms with Crippen molar-refractivity contribution in [3.8, 4) is 11.5 Å². The third-order valence-electron chi connectivity index (χ3n) is 3.56. The van der Waals surface area contributed by atoms with E-state index in [2.05, 4.69) is 6.92 Å². The summed E-state index contributed by atoms with van der Waals surface area (Å²) >= 11 is 0. The predicted octanol–water partition coefficient (Wildman–Crippen LogP) is 2.71. The number of ether oxygens (including phenoxy) is 2. The number of benzene rings is 1. The molecule has 0 spiro atoms. The van der Waals surface area contributed by atoms with Crippen LogP contribution < -0.4 is 9.47 Å². The highest BCUT2D eigenvalue weighted by molar-refractivity contribution is 5.43. The summed E-state index contributed by atoms with van der Waals surface area (Å²) < 4.78 is 10.4. The van der Waals surface area contributed by atoms with Crippen LogP contribution in [0.5, 0.6) is 11.5 Å². The SMILES string of the molecule is CCCC1CC1(O)c1cc(OC)cc(OC)c1. The molecular weight excluding hydrogens is 216 g/mol. The maximum absolute atomic E-state index is 10.5. The van der Waals surface area contributed by atoms with Crippen LogP contribution in [0, 0.1) is 5.92 Å². The second-order valence-corrected chi connectivity index (χ2v) is 4.72. The molecule has 3 heteroatoms. The van der Waals surface area contributed by atoms with Crippen molar-refractivity contribution in [1.82, 2.24) is 0 Å². The molecule has 1 aliphatic carbocycles. The number of methoxy groups -OCH3 is 2. The summed E-state index contributed by atoms with van der Waals surface area (Å²) in [6, 6.07) is 5.63. The third kappa shape index (κ3) is 2.25. The van der Waals surface area contributed by atoms with Gasteiger partial charge >= 0.3 is 0 Å². The molecule has 0 aromatic heterocycles. The fraction of sp³-hybridized carbons (Fsp3) is 0.571. The minimum atomic E-state index is -0.669. The Morgan fingerprint density at radius 3 is 2.29 bits per heavy atom. The topological polar surface area (TPSA) is 38.7 Å². The Hall–Kier alpha value is -1.22. The monoisotopic (exact) mass is 236 g/mol. The molecule has 1 saturated carbocycles. The Morgan fingerprint density at radius 1 is 1.24 bits per heavy atom. The summed E-state index contributed by atoms with van der Waals surface area (Å²) in [7, 11) is 3.25. The lowest BCUT2D eigenvalue weighted by molar-refractivity contribution is 0.128. The van der Waals surface area contributed by atoms with Crippen LogP contribution in [0.1, 0.15) is 31.7 Å². The van der Waals surface area contributed by atoms with Gasteiger partial charge in [-0.1, -0.05) is 13.3 Å². The van der Waals surface area contributed by atoms with Gasteiger partial charge in [0.15, 0.2) is 0 Å². The number of rotatable bonds is 5. The van der Waals surface area contributed by atoms with Crippen molar-refractivity contribution in [2.24, 2.45) is 5.92 Å². The molecule has 0 radical (unpaired) electrons. The van der Waals surface area contributed by atoms with E-state index >= 15 is 0 Å². The average molecular weight is 236 g/mol. The van der Waals surface area contributed by atoms with E-state index in [0.29, 0.717) is 5.92 Å². The van der Waals surface area contributed by atoms with Crippen molar-refractivity contribution in [2.75, 3.05) is 14.2 Å². The first-order valence-electron chi connectivity index (χ1n) is 6.10. The molecule has 1 N–H and O–H groups in total. The predicted molar refractivity (Wildman–Crippen MR) is 66.5 cm³/mol. The van der Waals surface area contributed by atoms with Crippen LogP contribution in [0.3, 0.4) is 0 Å². The Bertz CT molecular complexity index is 380. The first-order valence-corrected chi connectivity index (χ1v) is 6.10. The zero-order chi connectivity index (χ0) is 12.5. The molecule has 0 saturated heterocycles. The molecule has 1 aromatic rings. The summed E-state index contributed by atoms with van der Waals surface area (Å²) in [5.74, 6) is 1.84. The Morgan fingerprint density at radius 2 is 1.82 bits per heavy atom. The summed E-state index contributed by atoms with van der Waals surface area (Å²) in [6.07, 6.45) is 3.02. The fourth-order valence-corrected chi connectivity index (χ4v) is 2.42. The van der Waals surface area contributed by atoms with E-state index in [1.165, 1.54) is 0 Å². The summed E-state index contributed by atoms with van der Waals surface area (Å²) in [5, 5.41) is 10.5. The highest BCUT2D eigenvalue weighted by Gasteiger charge is 2.53. The molecule has 0 aliphatic heterocycles. The van der Waals surface area contributed by atoms with Crippen molar-refractivity contribution in [1.29, 1.82) is 0 Å². The van der Waals surface area contributed by atoms with E-state index < -0.39 is 5.60 Å². The molecule has 3 nitrogen and oxygen atoms in total. The van der Waals surface area contributed by atoms with Crippen LogP contribution in [0.15, 0.2) is 18.2 Å². The third-order valence-corrected chi connectivity index (χ3v) is 3.56. The van der Waals surface area contributed by atoms with E-state index in [9.17, 15) is 5.11 Å². The lowest BCUT2D eigenvalue weighted by Gasteiger charge is -2.14. The zero-order valence-electron chi connectivity index (χ0n) is 10.7. The van der Waals surface area contributed by atoms with Crippen LogP contribution >= 0.6 is 0 Å². The molecule has 1 aromatic carbocycles. The highest BCUT2D eigenvalue weighted by Crippen LogP contribution is 2.55. The molecule has 2 atom stereocenters.